The Morgan fingerprint density at radius 3 is 2.78 bits per heavy atom. The lowest BCUT2D eigenvalue weighted by Gasteiger charge is -2.26. The predicted octanol–water partition coefficient (Wildman–Crippen LogP) is 1.76. The number of hydrogen-bond acceptors (Lipinski definition) is 6. The number of nitrogens with zero attached hydrogens (tertiary/aromatic N) is 2. The molecule has 3 heterocycles. The van der Waals surface area contributed by atoms with Crippen LogP contribution in [0.4, 0.5) is 0 Å². The minimum Gasteiger partial charge on any atom is -0.497 e. The Bertz CT molecular complexity index is 832. The molecule has 2 atom stereocenters. The highest BCUT2D eigenvalue weighted by molar-refractivity contribution is 5.93. The van der Waals surface area contributed by atoms with Gasteiger partial charge in [-0.15, -0.1) is 0 Å². The second-order valence-electron chi connectivity index (χ2n) is 6.70. The third-order valence-corrected chi connectivity index (χ3v) is 5.00. The average Bonchev–Trinajstić information content (AvgIpc) is 3.27. The number of amides is 2. The molecular formula is C19H21N3O5. The van der Waals surface area contributed by atoms with Crippen LogP contribution in [0.3, 0.4) is 0 Å². The van der Waals surface area contributed by atoms with Gasteiger partial charge in [0.05, 0.1) is 7.11 Å². The number of methoxy groups -OCH3 is 1. The van der Waals surface area contributed by atoms with Crippen molar-refractivity contribution in [1.29, 1.82) is 0 Å². The van der Waals surface area contributed by atoms with Crippen molar-refractivity contribution >= 4 is 11.8 Å². The molecule has 142 valence electrons. The quantitative estimate of drug-likeness (QED) is 0.861. The Balaban J connectivity index is 1.41. The smallest absolute Gasteiger partial charge is 0.276 e. The first kappa shape index (κ1) is 17.4. The van der Waals surface area contributed by atoms with E-state index in [4.69, 9.17) is 13.9 Å². The van der Waals surface area contributed by atoms with Crippen LogP contribution in [0.25, 0.3) is 0 Å². The first-order chi connectivity index (χ1) is 13.1. The Hall–Kier alpha value is -3.03. The Labute approximate surface area is 156 Å². The SMILES string of the molecule is COc1ccc(OCc2nc(C(=O)N3[C@@H]4CC[C@H]3CNC(=O)C4)co2)cc1. The molecule has 2 fully saturated rings. The molecule has 1 N–H and O–H groups in total. The van der Waals surface area contributed by atoms with Crippen molar-refractivity contribution in [2.45, 2.75) is 38.0 Å². The molecule has 0 unspecified atom stereocenters. The fourth-order valence-corrected chi connectivity index (χ4v) is 3.64. The van der Waals surface area contributed by atoms with E-state index in [9.17, 15) is 9.59 Å². The number of fused-ring (bicyclic) bond motifs is 2. The highest BCUT2D eigenvalue weighted by Crippen LogP contribution is 2.29. The Morgan fingerprint density at radius 2 is 2.00 bits per heavy atom. The highest BCUT2D eigenvalue weighted by Gasteiger charge is 2.41. The molecular weight excluding hydrogens is 350 g/mol. The summed E-state index contributed by atoms with van der Waals surface area (Å²) in [5.74, 6) is 1.51. The van der Waals surface area contributed by atoms with Crippen LogP contribution in [0.1, 0.15) is 35.6 Å². The normalized spacial score (nSPS) is 21.5. The summed E-state index contributed by atoms with van der Waals surface area (Å²) in [5, 5.41) is 2.86. The molecule has 2 aromatic rings. The van der Waals surface area contributed by atoms with Crippen molar-refractivity contribution in [1.82, 2.24) is 15.2 Å². The minimum atomic E-state index is -0.196. The lowest BCUT2D eigenvalue weighted by atomic mass is 10.1. The van der Waals surface area contributed by atoms with Crippen molar-refractivity contribution in [3.63, 3.8) is 0 Å². The molecule has 2 aliphatic heterocycles. The van der Waals surface area contributed by atoms with Gasteiger partial charge in [-0.05, 0) is 37.1 Å². The first-order valence-electron chi connectivity index (χ1n) is 8.94. The predicted molar refractivity (Wildman–Crippen MR) is 94.4 cm³/mol. The van der Waals surface area contributed by atoms with E-state index in [0.29, 0.717) is 24.6 Å². The molecule has 0 radical (unpaired) electrons. The molecule has 8 nitrogen and oxygen atoms in total. The molecule has 2 amide bonds. The van der Waals surface area contributed by atoms with E-state index in [1.54, 1.807) is 36.3 Å². The monoisotopic (exact) mass is 371 g/mol. The second kappa shape index (κ2) is 7.30. The zero-order valence-corrected chi connectivity index (χ0v) is 15.0. The second-order valence-corrected chi connectivity index (χ2v) is 6.70. The van der Waals surface area contributed by atoms with Gasteiger partial charge in [-0.1, -0.05) is 0 Å². The Kier molecular flexibility index (Phi) is 4.70. The fourth-order valence-electron chi connectivity index (χ4n) is 3.64. The van der Waals surface area contributed by atoms with Gasteiger partial charge in [0.15, 0.2) is 12.3 Å². The van der Waals surface area contributed by atoms with Crippen LogP contribution < -0.4 is 14.8 Å². The van der Waals surface area contributed by atoms with E-state index in [1.807, 2.05) is 0 Å². The standard InChI is InChI=1S/C19H21N3O5/c1-25-14-4-6-15(7-5-14)26-11-18-21-16(10-27-18)19(24)22-12-2-3-13(22)9-20-17(23)8-12/h4-7,10,12-13H,2-3,8-9,11H2,1H3,(H,20,23)/t12-,13+/m1/s1. The van der Waals surface area contributed by atoms with E-state index in [0.717, 1.165) is 18.6 Å². The summed E-state index contributed by atoms with van der Waals surface area (Å²) in [6, 6.07) is 7.11. The van der Waals surface area contributed by atoms with Crippen molar-refractivity contribution in [2.75, 3.05) is 13.7 Å². The maximum atomic E-state index is 12.9. The van der Waals surface area contributed by atoms with Gasteiger partial charge in [-0.2, -0.15) is 0 Å². The van der Waals surface area contributed by atoms with Gasteiger partial charge >= 0.3 is 0 Å². The molecule has 2 bridgehead atoms. The zero-order chi connectivity index (χ0) is 18.8. The third kappa shape index (κ3) is 3.60. The van der Waals surface area contributed by atoms with Gasteiger partial charge < -0.3 is 24.1 Å². The van der Waals surface area contributed by atoms with Gasteiger partial charge in [0.25, 0.3) is 5.91 Å². The van der Waals surface area contributed by atoms with Gasteiger partial charge in [-0.25, -0.2) is 4.98 Å². The summed E-state index contributed by atoms with van der Waals surface area (Å²) in [6.07, 6.45) is 3.43. The van der Waals surface area contributed by atoms with Crippen LogP contribution in [-0.2, 0) is 11.4 Å². The minimum absolute atomic E-state index is 0.00580. The molecule has 0 saturated carbocycles. The lowest BCUT2D eigenvalue weighted by molar-refractivity contribution is -0.121. The van der Waals surface area contributed by atoms with Crippen molar-refractivity contribution in [3.8, 4) is 11.5 Å². The maximum Gasteiger partial charge on any atom is 0.276 e. The van der Waals surface area contributed by atoms with Gasteiger partial charge in [0, 0.05) is 25.0 Å². The molecule has 0 spiro atoms. The lowest BCUT2D eigenvalue weighted by Crippen LogP contribution is -2.42. The van der Waals surface area contributed by atoms with Crippen molar-refractivity contribution in [3.05, 3.63) is 42.1 Å². The van der Waals surface area contributed by atoms with Crippen LogP contribution >= 0.6 is 0 Å². The average molecular weight is 371 g/mol. The third-order valence-electron chi connectivity index (χ3n) is 5.00. The summed E-state index contributed by atoms with van der Waals surface area (Å²) in [4.78, 5) is 30.7. The zero-order valence-electron chi connectivity index (χ0n) is 15.0. The van der Waals surface area contributed by atoms with Crippen molar-refractivity contribution in [2.24, 2.45) is 0 Å². The van der Waals surface area contributed by atoms with E-state index in [-0.39, 0.29) is 36.2 Å². The van der Waals surface area contributed by atoms with E-state index in [1.165, 1.54) is 6.26 Å². The summed E-state index contributed by atoms with van der Waals surface area (Å²) in [5.41, 5.74) is 0.245. The molecule has 2 saturated heterocycles. The number of benzene rings is 1. The molecule has 27 heavy (non-hydrogen) atoms. The van der Waals surface area contributed by atoms with Crippen LogP contribution in [0.5, 0.6) is 11.5 Å². The number of nitrogens with one attached hydrogen (secondary N) is 1. The van der Waals surface area contributed by atoms with E-state index >= 15 is 0 Å². The number of carbonyl (C=O) groups excluding carboxylic acids is 2. The molecule has 1 aromatic heterocycles. The number of aromatic nitrogens is 1. The summed E-state index contributed by atoms with van der Waals surface area (Å²) in [6.45, 7) is 0.610. The van der Waals surface area contributed by atoms with E-state index < -0.39 is 0 Å². The number of carbonyl (C=O) groups is 2. The van der Waals surface area contributed by atoms with Gasteiger partial charge in [0.1, 0.15) is 17.8 Å². The molecule has 0 aliphatic carbocycles. The number of oxazole rings is 1. The van der Waals surface area contributed by atoms with Gasteiger partial charge in [0.2, 0.25) is 11.8 Å². The number of rotatable bonds is 5. The van der Waals surface area contributed by atoms with Gasteiger partial charge in [-0.3, -0.25) is 9.59 Å². The van der Waals surface area contributed by atoms with Crippen molar-refractivity contribution < 1.29 is 23.5 Å². The van der Waals surface area contributed by atoms with Crippen LogP contribution in [-0.4, -0.2) is 47.4 Å². The molecule has 4 rings (SSSR count). The summed E-state index contributed by atoms with van der Waals surface area (Å²) in [7, 11) is 1.60. The fraction of sp³-hybridized carbons (Fsp3) is 0.421. The number of hydrogen-bond donors (Lipinski definition) is 1. The summed E-state index contributed by atoms with van der Waals surface area (Å²) >= 11 is 0. The van der Waals surface area contributed by atoms with Crippen LogP contribution in [0.2, 0.25) is 0 Å². The summed E-state index contributed by atoms with van der Waals surface area (Å²) < 4.78 is 16.1. The van der Waals surface area contributed by atoms with E-state index in [2.05, 4.69) is 10.3 Å². The first-order valence-corrected chi connectivity index (χ1v) is 8.94. The highest BCUT2D eigenvalue weighted by atomic mass is 16.5. The van der Waals surface area contributed by atoms with Crippen LogP contribution in [0.15, 0.2) is 34.9 Å². The topological polar surface area (TPSA) is 93.9 Å². The molecule has 1 aromatic carbocycles. The largest absolute Gasteiger partial charge is 0.497 e. The maximum absolute atomic E-state index is 12.9. The van der Waals surface area contributed by atoms with Crippen LogP contribution in [0, 0.1) is 0 Å². The number of ether oxygens (including phenoxy) is 2. The molecule has 8 heteroatoms. The Morgan fingerprint density at radius 1 is 1.26 bits per heavy atom. The molecule has 2 aliphatic rings.